The van der Waals surface area contributed by atoms with Gasteiger partial charge in [0.05, 0.1) is 9.54 Å². The van der Waals surface area contributed by atoms with Crippen LogP contribution in [-0.4, -0.2) is 33.8 Å². The third-order valence-electron chi connectivity index (χ3n) is 2.12. The fraction of sp³-hybridized carbons (Fsp3) is 0.600. The minimum atomic E-state index is -3.14. The van der Waals surface area contributed by atoms with Gasteiger partial charge in [0.15, 0.2) is 0 Å². The molecule has 0 fully saturated rings. The summed E-state index contributed by atoms with van der Waals surface area (Å²) in [6, 6.07) is 3.97. The minimum absolute atomic E-state index is 0.134. The van der Waals surface area contributed by atoms with E-state index in [1.165, 1.54) is 4.88 Å². The van der Waals surface area contributed by atoms with Crippen molar-refractivity contribution in [3.8, 4) is 0 Å². The Morgan fingerprint density at radius 3 is 2.71 bits per heavy atom. The predicted molar refractivity (Wildman–Crippen MR) is 76.1 cm³/mol. The molecule has 0 radical (unpaired) electrons. The molecule has 7 heteroatoms. The van der Waals surface area contributed by atoms with E-state index in [0.29, 0.717) is 13.1 Å². The molecule has 0 aromatic carbocycles. The second-order valence-electron chi connectivity index (χ2n) is 3.52. The van der Waals surface area contributed by atoms with Gasteiger partial charge in [0.25, 0.3) is 0 Å². The van der Waals surface area contributed by atoms with Gasteiger partial charge in [0.2, 0.25) is 10.0 Å². The summed E-state index contributed by atoms with van der Waals surface area (Å²) in [6.07, 6.45) is 0.733. The normalized spacial score (nSPS) is 11.9. The molecule has 0 aliphatic heterocycles. The standard InChI is InChI=1S/C10H17BrN2O2S2/c1-2-12-7-8-17(14,15)13-6-5-9-3-4-10(11)16-9/h3-4,12-13H,2,5-8H2,1H3. The van der Waals surface area contributed by atoms with Gasteiger partial charge in [-0.25, -0.2) is 13.1 Å². The second-order valence-corrected chi connectivity index (χ2v) is 8.00. The van der Waals surface area contributed by atoms with E-state index in [9.17, 15) is 8.42 Å². The largest absolute Gasteiger partial charge is 0.316 e. The van der Waals surface area contributed by atoms with E-state index in [1.54, 1.807) is 11.3 Å². The molecule has 0 unspecified atom stereocenters. The van der Waals surface area contributed by atoms with Crippen LogP contribution in [0.5, 0.6) is 0 Å². The fourth-order valence-corrected chi connectivity index (χ4v) is 3.72. The van der Waals surface area contributed by atoms with Crippen molar-refractivity contribution < 1.29 is 8.42 Å². The third kappa shape index (κ3) is 6.52. The van der Waals surface area contributed by atoms with E-state index in [0.717, 1.165) is 16.8 Å². The van der Waals surface area contributed by atoms with Crippen LogP contribution in [0.4, 0.5) is 0 Å². The second kappa shape index (κ2) is 7.48. The summed E-state index contributed by atoms with van der Waals surface area (Å²) in [5, 5.41) is 2.99. The average molecular weight is 341 g/mol. The van der Waals surface area contributed by atoms with Crippen LogP contribution in [0.15, 0.2) is 15.9 Å². The molecule has 0 spiro atoms. The first-order chi connectivity index (χ1) is 8.03. The zero-order chi connectivity index (χ0) is 12.7. The van der Waals surface area contributed by atoms with Crippen LogP contribution in [0, 0.1) is 0 Å². The number of sulfonamides is 1. The summed E-state index contributed by atoms with van der Waals surface area (Å²) in [7, 11) is -3.14. The van der Waals surface area contributed by atoms with Gasteiger partial charge >= 0.3 is 0 Å². The molecule has 0 bridgehead atoms. The Morgan fingerprint density at radius 1 is 1.35 bits per heavy atom. The van der Waals surface area contributed by atoms with Crippen molar-refractivity contribution in [2.75, 3.05) is 25.4 Å². The van der Waals surface area contributed by atoms with Gasteiger partial charge in [0, 0.05) is 18.0 Å². The van der Waals surface area contributed by atoms with Gasteiger partial charge in [-0.15, -0.1) is 11.3 Å². The maximum Gasteiger partial charge on any atom is 0.212 e. The highest BCUT2D eigenvalue weighted by Crippen LogP contribution is 2.22. The van der Waals surface area contributed by atoms with Crippen molar-refractivity contribution in [1.82, 2.24) is 10.0 Å². The number of hydrogen-bond acceptors (Lipinski definition) is 4. The lowest BCUT2D eigenvalue weighted by Gasteiger charge is -2.06. The lowest BCUT2D eigenvalue weighted by molar-refractivity contribution is 0.578. The van der Waals surface area contributed by atoms with Gasteiger partial charge in [-0.2, -0.15) is 0 Å². The molecule has 0 aliphatic carbocycles. The molecule has 0 saturated carbocycles. The minimum Gasteiger partial charge on any atom is -0.316 e. The van der Waals surface area contributed by atoms with Gasteiger partial charge in [0.1, 0.15) is 0 Å². The zero-order valence-corrected chi connectivity index (χ0v) is 12.9. The molecule has 0 aliphatic rings. The van der Waals surface area contributed by atoms with Crippen LogP contribution in [0.3, 0.4) is 0 Å². The molecular formula is C10H17BrN2O2S2. The van der Waals surface area contributed by atoms with E-state index in [2.05, 4.69) is 26.0 Å². The summed E-state index contributed by atoms with van der Waals surface area (Å²) in [6.45, 7) is 3.70. The lowest BCUT2D eigenvalue weighted by atomic mass is 10.3. The van der Waals surface area contributed by atoms with Crippen molar-refractivity contribution in [2.45, 2.75) is 13.3 Å². The summed E-state index contributed by atoms with van der Waals surface area (Å²) in [5.74, 6) is 0.134. The topological polar surface area (TPSA) is 58.2 Å². The molecule has 17 heavy (non-hydrogen) atoms. The van der Waals surface area contributed by atoms with Crippen LogP contribution < -0.4 is 10.0 Å². The molecule has 0 atom stereocenters. The lowest BCUT2D eigenvalue weighted by Crippen LogP contribution is -2.33. The molecule has 1 aromatic rings. The van der Waals surface area contributed by atoms with Crippen molar-refractivity contribution in [3.05, 3.63) is 20.8 Å². The number of thiophene rings is 1. The Labute approximate surface area is 115 Å². The predicted octanol–water partition coefficient (Wildman–Crippen LogP) is 1.58. The quantitative estimate of drug-likeness (QED) is 0.706. The van der Waals surface area contributed by atoms with E-state index < -0.39 is 10.0 Å². The first-order valence-corrected chi connectivity index (χ1v) is 8.72. The summed E-state index contributed by atoms with van der Waals surface area (Å²) >= 11 is 5.01. The summed E-state index contributed by atoms with van der Waals surface area (Å²) < 4.78 is 26.8. The number of halogens is 1. The monoisotopic (exact) mass is 340 g/mol. The molecule has 0 amide bonds. The molecular weight excluding hydrogens is 324 g/mol. The Morgan fingerprint density at radius 2 is 2.12 bits per heavy atom. The van der Waals surface area contributed by atoms with Gasteiger partial charge in [-0.3, -0.25) is 0 Å². The van der Waals surface area contributed by atoms with Crippen molar-refractivity contribution in [1.29, 1.82) is 0 Å². The van der Waals surface area contributed by atoms with E-state index in [1.807, 2.05) is 19.1 Å². The third-order valence-corrected chi connectivity index (χ3v) is 5.19. The molecule has 0 saturated heterocycles. The van der Waals surface area contributed by atoms with Crippen LogP contribution in [0.2, 0.25) is 0 Å². The highest BCUT2D eigenvalue weighted by molar-refractivity contribution is 9.11. The SMILES string of the molecule is CCNCCS(=O)(=O)NCCc1ccc(Br)s1. The Balaban J connectivity index is 2.25. The zero-order valence-electron chi connectivity index (χ0n) is 9.70. The fourth-order valence-electron chi connectivity index (χ4n) is 1.27. The summed E-state index contributed by atoms with van der Waals surface area (Å²) in [4.78, 5) is 1.17. The number of rotatable bonds is 8. The van der Waals surface area contributed by atoms with Crippen LogP contribution >= 0.6 is 27.3 Å². The van der Waals surface area contributed by atoms with Crippen molar-refractivity contribution >= 4 is 37.3 Å². The molecule has 1 heterocycles. The molecule has 1 aromatic heterocycles. The maximum atomic E-state index is 11.5. The molecule has 98 valence electrons. The maximum absolute atomic E-state index is 11.5. The Kier molecular flexibility index (Phi) is 6.65. The molecule has 4 nitrogen and oxygen atoms in total. The first-order valence-electron chi connectivity index (χ1n) is 5.46. The van der Waals surface area contributed by atoms with Crippen LogP contribution in [0.1, 0.15) is 11.8 Å². The van der Waals surface area contributed by atoms with Crippen molar-refractivity contribution in [3.63, 3.8) is 0 Å². The van der Waals surface area contributed by atoms with Gasteiger partial charge in [-0.1, -0.05) is 6.92 Å². The first kappa shape index (κ1) is 15.1. The Hall–Kier alpha value is 0.0500. The average Bonchev–Trinajstić information content (AvgIpc) is 2.64. The highest BCUT2D eigenvalue weighted by Gasteiger charge is 2.08. The number of hydrogen-bond donors (Lipinski definition) is 2. The van der Waals surface area contributed by atoms with E-state index in [-0.39, 0.29) is 5.75 Å². The van der Waals surface area contributed by atoms with E-state index in [4.69, 9.17) is 0 Å². The highest BCUT2D eigenvalue weighted by atomic mass is 79.9. The van der Waals surface area contributed by atoms with Crippen LogP contribution in [-0.2, 0) is 16.4 Å². The van der Waals surface area contributed by atoms with Gasteiger partial charge < -0.3 is 5.32 Å². The smallest absolute Gasteiger partial charge is 0.212 e. The van der Waals surface area contributed by atoms with Crippen molar-refractivity contribution in [2.24, 2.45) is 0 Å². The number of nitrogens with one attached hydrogen (secondary N) is 2. The van der Waals surface area contributed by atoms with Gasteiger partial charge in [-0.05, 0) is 41.0 Å². The molecule has 2 N–H and O–H groups in total. The Bertz CT molecular complexity index is 431. The van der Waals surface area contributed by atoms with Crippen LogP contribution in [0.25, 0.3) is 0 Å². The molecule has 1 rings (SSSR count). The summed E-state index contributed by atoms with van der Waals surface area (Å²) in [5.41, 5.74) is 0. The van der Waals surface area contributed by atoms with E-state index >= 15 is 0 Å².